The molecule has 0 heterocycles. The largest absolute Gasteiger partial charge is 0.493 e. The Labute approximate surface area is 123 Å². The topological polar surface area (TPSA) is 30.5 Å². The summed E-state index contributed by atoms with van der Waals surface area (Å²) in [6.07, 6.45) is 5.96. The molecule has 0 aliphatic heterocycles. The molecule has 0 aliphatic rings. The lowest BCUT2D eigenvalue weighted by Crippen LogP contribution is -2.14. The van der Waals surface area contributed by atoms with Gasteiger partial charge in [-0.2, -0.15) is 0 Å². The summed E-state index contributed by atoms with van der Waals surface area (Å²) in [6, 6.07) is 6.19. The van der Waals surface area contributed by atoms with E-state index in [0.29, 0.717) is 0 Å². The van der Waals surface area contributed by atoms with Gasteiger partial charge in [-0.3, -0.25) is 0 Å². The van der Waals surface area contributed by atoms with Crippen LogP contribution in [0.15, 0.2) is 18.2 Å². The average Bonchev–Trinajstić information content (AvgIpc) is 2.49. The zero-order valence-electron chi connectivity index (χ0n) is 13.2. The van der Waals surface area contributed by atoms with E-state index in [1.807, 2.05) is 6.07 Å². The molecule has 1 aromatic carbocycles. The van der Waals surface area contributed by atoms with E-state index in [2.05, 4.69) is 31.3 Å². The third-order valence-corrected chi connectivity index (χ3v) is 3.27. The van der Waals surface area contributed by atoms with Gasteiger partial charge in [0.1, 0.15) is 0 Å². The molecular formula is C17H29NO2. The molecule has 1 rings (SSSR count). The maximum absolute atomic E-state index is 5.78. The number of ether oxygens (including phenoxy) is 2. The number of methoxy groups -OCH3 is 1. The second kappa shape index (κ2) is 10.6. The first-order valence-corrected chi connectivity index (χ1v) is 7.82. The molecule has 1 N–H and O–H groups in total. The van der Waals surface area contributed by atoms with Crippen LogP contribution in [0.2, 0.25) is 0 Å². The smallest absolute Gasteiger partial charge is 0.161 e. The lowest BCUT2D eigenvalue weighted by Gasteiger charge is -2.12. The Balaban J connectivity index is 2.47. The van der Waals surface area contributed by atoms with Crippen LogP contribution in [0, 0.1) is 0 Å². The molecule has 0 saturated heterocycles. The van der Waals surface area contributed by atoms with Crippen molar-refractivity contribution in [3.8, 4) is 11.5 Å². The maximum Gasteiger partial charge on any atom is 0.161 e. The Morgan fingerprint density at radius 2 is 1.80 bits per heavy atom. The van der Waals surface area contributed by atoms with Crippen molar-refractivity contribution in [1.82, 2.24) is 5.32 Å². The maximum atomic E-state index is 5.78. The second-order valence-electron chi connectivity index (χ2n) is 5.07. The number of unbranched alkanes of at least 4 members (excludes halogenated alkanes) is 3. The quantitative estimate of drug-likeness (QED) is 0.617. The van der Waals surface area contributed by atoms with E-state index < -0.39 is 0 Å². The van der Waals surface area contributed by atoms with Gasteiger partial charge < -0.3 is 14.8 Å². The van der Waals surface area contributed by atoms with Crippen molar-refractivity contribution in [1.29, 1.82) is 0 Å². The Kier molecular flexibility index (Phi) is 8.88. The van der Waals surface area contributed by atoms with E-state index >= 15 is 0 Å². The first-order valence-electron chi connectivity index (χ1n) is 7.82. The summed E-state index contributed by atoms with van der Waals surface area (Å²) >= 11 is 0. The van der Waals surface area contributed by atoms with Gasteiger partial charge in [-0.15, -0.1) is 0 Å². The van der Waals surface area contributed by atoms with Gasteiger partial charge in [0.15, 0.2) is 11.5 Å². The van der Waals surface area contributed by atoms with Crippen molar-refractivity contribution in [2.24, 2.45) is 0 Å². The van der Waals surface area contributed by atoms with Gasteiger partial charge in [0.2, 0.25) is 0 Å². The van der Waals surface area contributed by atoms with E-state index in [0.717, 1.165) is 37.6 Å². The highest BCUT2D eigenvalue weighted by atomic mass is 16.5. The molecule has 114 valence electrons. The molecule has 0 aromatic heterocycles. The molecule has 0 amide bonds. The lowest BCUT2D eigenvalue weighted by molar-refractivity contribution is 0.286. The number of rotatable bonds is 11. The zero-order valence-corrected chi connectivity index (χ0v) is 13.2. The summed E-state index contributed by atoms with van der Waals surface area (Å²) in [5.74, 6) is 1.68. The van der Waals surface area contributed by atoms with Gasteiger partial charge in [-0.05, 0) is 37.1 Å². The summed E-state index contributed by atoms with van der Waals surface area (Å²) in [7, 11) is 1.70. The minimum atomic E-state index is 0.762. The highest BCUT2D eigenvalue weighted by Gasteiger charge is 2.05. The van der Waals surface area contributed by atoms with Crippen LogP contribution in [0.5, 0.6) is 11.5 Å². The van der Waals surface area contributed by atoms with E-state index in [-0.39, 0.29) is 0 Å². The predicted octanol–water partition coefficient (Wildman–Crippen LogP) is 4.15. The summed E-state index contributed by atoms with van der Waals surface area (Å²) < 4.78 is 11.2. The summed E-state index contributed by atoms with van der Waals surface area (Å²) in [4.78, 5) is 0. The molecule has 0 bridgehead atoms. The molecule has 0 aliphatic carbocycles. The molecule has 3 heteroatoms. The molecule has 20 heavy (non-hydrogen) atoms. The van der Waals surface area contributed by atoms with Crippen molar-refractivity contribution in [2.45, 2.75) is 52.5 Å². The second-order valence-corrected chi connectivity index (χ2v) is 5.07. The standard InChI is InChI=1S/C17H29NO2/c1-4-6-8-12-20-16-10-9-15(13-17(16)19-3)14-18-11-7-5-2/h9-10,13,18H,4-8,11-12,14H2,1-3H3. The van der Waals surface area contributed by atoms with Gasteiger partial charge in [0, 0.05) is 6.54 Å². The summed E-state index contributed by atoms with van der Waals surface area (Å²) in [5, 5.41) is 3.44. The molecule has 0 atom stereocenters. The molecule has 1 aromatic rings. The molecule has 0 fully saturated rings. The van der Waals surface area contributed by atoms with Crippen molar-refractivity contribution >= 4 is 0 Å². The Morgan fingerprint density at radius 1 is 1.00 bits per heavy atom. The van der Waals surface area contributed by atoms with Crippen molar-refractivity contribution in [3.63, 3.8) is 0 Å². The minimum Gasteiger partial charge on any atom is -0.493 e. The van der Waals surface area contributed by atoms with E-state index in [4.69, 9.17) is 9.47 Å². The van der Waals surface area contributed by atoms with E-state index in [1.165, 1.54) is 31.2 Å². The van der Waals surface area contributed by atoms with E-state index in [9.17, 15) is 0 Å². The number of hydrogen-bond donors (Lipinski definition) is 1. The summed E-state index contributed by atoms with van der Waals surface area (Å²) in [6.45, 7) is 7.11. The Bertz CT molecular complexity index is 366. The van der Waals surface area contributed by atoms with Crippen LogP contribution in [0.1, 0.15) is 51.5 Å². The highest BCUT2D eigenvalue weighted by molar-refractivity contribution is 5.42. The molecule has 0 unspecified atom stereocenters. The van der Waals surface area contributed by atoms with Crippen molar-refractivity contribution < 1.29 is 9.47 Å². The monoisotopic (exact) mass is 279 g/mol. The van der Waals surface area contributed by atoms with Gasteiger partial charge in [0.05, 0.1) is 13.7 Å². The Morgan fingerprint density at radius 3 is 2.50 bits per heavy atom. The van der Waals surface area contributed by atoms with Crippen LogP contribution in [-0.4, -0.2) is 20.3 Å². The van der Waals surface area contributed by atoms with Crippen molar-refractivity contribution in [2.75, 3.05) is 20.3 Å². The van der Waals surface area contributed by atoms with Crippen molar-refractivity contribution in [3.05, 3.63) is 23.8 Å². The normalized spacial score (nSPS) is 10.6. The van der Waals surface area contributed by atoms with Crippen LogP contribution < -0.4 is 14.8 Å². The fraction of sp³-hybridized carbons (Fsp3) is 0.647. The van der Waals surface area contributed by atoms with Gasteiger partial charge in [-0.1, -0.05) is 39.2 Å². The van der Waals surface area contributed by atoms with Crippen LogP contribution in [0.4, 0.5) is 0 Å². The van der Waals surface area contributed by atoms with Crippen LogP contribution in [-0.2, 0) is 6.54 Å². The number of benzene rings is 1. The summed E-state index contributed by atoms with van der Waals surface area (Å²) in [5.41, 5.74) is 1.24. The average molecular weight is 279 g/mol. The lowest BCUT2D eigenvalue weighted by atomic mass is 10.2. The van der Waals surface area contributed by atoms with Crippen LogP contribution >= 0.6 is 0 Å². The van der Waals surface area contributed by atoms with Gasteiger partial charge >= 0.3 is 0 Å². The number of nitrogens with one attached hydrogen (secondary N) is 1. The van der Waals surface area contributed by atoms with Crippen LogP contribution in [0.25, 0.3) is 0 Å². The fourth-order valence-electron chi connectivity index (χ4n) is 2.01. The molecule has 0 saturated carbocycles. The fourth-order valence-corrected chi connectivity index (χ4v) is 2.01. The van der Waals surface area contributed by atoms with Gasteiger partial charge in [0.25, 0.3) is 0 Å². The SMILES string of the molecule is CCCCCOc1ccc(CNCCCC)cc1OC. The first kappa shape index (κ1) is 16.8. The molecule has 0 spiro atoms. The van der Waals surface area contributed by atoms with Crippen LogP contribution in [0.3, 0.4) is 0 Å². The third kappa shape index (κ3) is 6.29. The number of hydrogen-bond acceptors (Lipinski definition) is 3. The molecular weight excluding hydrogens is 250 g/mol. The molecule has 3 nitrogen and oxygen atoms in total. The van der Waals surface area contributed by atoms with E-state index in [1.54, 1.807) is 7.11 Å². The Hall–Kier alpha value is -1.22. The highest BCUT2D eigenvalue weighted by Crippen LogP contribution is 2.28. The first-order chi connectivity index (χ1) is 9.81. The third-order valence-electron chi connectivity index (χ3n) is 3.27. The zero-order chi connectivity index (χ0) is 14.6. The molecule has 0 radical (unpaired) electrons. The van der Waals surface area contributed by atoms with Gasteiger partial charge in [-0.25, -0.2) is 0 Å². The minimum absolute atomic E-state index is 0.762. The predicted molar refractivity (Wildman–Crippen MR) is 84.6 cm³/mol.